The van der Waals surface area contributed by atoms with Gasteiger partial charge < -0.3 is 0 Å². The van der Waals surface area contributed by atoms with Crippen molar-refractivity contribution in [3.05, 3.63) is 329 Å². The lowest BCUT2D eigenvalue weighted by Gasteiger charge is -2.23. The van der Waals surface area contributed by atoms with E-state index in [9.17, 15) is 8.78 Å². The van der Waals surface area contributed by atoms with Gasteiger partial charge in [-0.1, -0.05) is 361 Å². The van der Waals surface area contributed by atoms with Gasteiger partial charge in [-0.3, -0.25) is 0 Å². The molecule has 0 heterocycles. The molecule has 0 saturated heterocycles. The second-order valence-corrected chi connectivity index (χ2v) is 35.9. The number of benzene rings is 14. The Kier molecular flexibility index (Phi) is 27.9. The van der Waals surface area contributed by atoms with Crippen LogP contribution in [0.2, 0.25) is 0 Å². The largest absolute Gasteiger partial charge is 0.207 e. The van der Waals surface area contributed by atoms with Crippen molar-refractivity contribution < 1.29 is 8.78 Å². The van der Waals surface area contributed by atoms with E-state index in [1.165, 1.54) is 172 Å². The molecule has 0 fully saturated rings. The van der Waals surface area contributed by atoms with Gasteiger partial charge in [0.1, 0.15) is 11.6 Å². The van der Waals surface area contributed by atoms with E-state index in [1.807, 2.05) is 18.2 Å². The zero-order valence-corrected chi connectivity index (χ0v) is 72.2. The highest BCUT2D eigenvalue weighted by Gasteiger charge is 2.21. The molecule has 14 aromatic carbocycles. The summed E-state index contributed by atoms with van der Waals surface area (Å²) >= 11 is 0. The number of hydrogen-bond donors (Lipinski definition) is 0. The minimum atomic E-state index is -0.159. The van der Waals surface area contributed by atoms with Crippen LogP contribution in [0.4, 0.5) is 8.78 Å². The summed E-state index contributed by atoms with van der Waals surface area (Å²) in [4.78, 5) is 0. The molecule has 0 saturated carbocycles. The summed E-state index contributed by atoms with van der Waals surface area (Å²) in [5.41, 5.74) is 27.6. The highest BCUT2D eigenvalue weighted by atomic mass is 19.1. The molecule has 0 radical (unpaired) electrons. The lowest BCUT2D eigenvalue weighted by Crippen LogP contribution is -2.12. The Hall–Kier alpha value is -9.24. The molecular weight excluding hydrogens is 1320 g/mol. The number of hydrogen-bond acceptors (Lipinski definition) is 0. The van der Waals surface area contributed by atoms with Crippen LogP contribution >= 0.6 is 0 Å². The summed E-state index contributed by atoms with van der Waals surface area (Å²) in [7, 11) is 0. The van der Waals surface area contributed by atoms with Crippen molar-refractivity contribution >= 4 is 75.4 Å². The Labute approximate surface area is 656 Å². The van der Waals surface area contributed by atoms with E-state index < -0.39 is 0 Å². The Morgan fingerprint density at radius 3 is 1.04 bits per heavy atom. The molecule has 0 unspecified atom stereocenters. The zero-order valence-electron chi connectivity index (χ0n) is 72.2. The molecule has 0 aliphatic heterocycles. The number of fused-ring (bicyclic) bond motifs is 7. The molecule has 0 bridgehead atoms. The molecule has 0 aromatic heterocycles. The molecule has 14 aromatic rings. The molecule has 0 aliphatic carbocycles. The van der Waals surface area contributed by atoms with Gasteiger partial charge in [0.15, 0.2) is 0 Å². The quantitative estimate of drug-likeness (QED) is 0.165. The Balaban J connectivity index is 0.000000160. The molecule has 570 valence electrons. The lowest BCUT2D eigenvalue weighted by atomic mass is 9.81. The highest BCUT2D eigenvalue weighted by molar-refractivity contribution is 5.93. The lowest BCUT2D eigenvalue weighted by molar-refractivity contribution is 0.595. The molecule has 0 aliphatic rings. The van der Waals surface area contributed by atoms with E-state index in [2.05, 4.69) is 372 Å². The first-order valence-corrected chi connectivity index (χ1v) is 39.8. The standard InChI is InChI=1S/4C16H20.C15H18.2C14H15F/c1-10(2)15-7-11(3)6-14-8-12(4)13(5)9-16(14)15;1-11-6-7-13-8-12(2)10-15(14(13)9-11)16(3,4)5;1-11-6-7-14-13(8-11)9-12(2)10-15(14)16(3,4)5;1-11-9-13-8-6-7-12(2)15(13)14(10-11)16(3,4)5;1-10(2)15-9-12(4)8-13-7-11(3)5-6-14(13)15;1-9(2)13-7-10(3)6-11-4-5-12(15)8-14(11)13;1-9(2)12-8-10(3)7-11-5-4-6-13(15)14(11)12/h4*6-10H,1-5H3;5-10H,1-4H3;2*4-9H,1-3H3. The maximum absolute atomic E-state index is 13.7. The average molecular weight is 1450 g/mol. The summed E-state index contributed by atoms with van der Waals surface area (Å²) in [5.74, 6) is 1.68. The van der Waals surface area contributed by atoms with Gasteiger partial charge >= 0.3 is 0 Å². The molecule has 0 nitrogen and oxygen atoms in total. The average Bonchev–Trinajstić information content (AvgIpc) is 0.803. The third-order valence-electron chi connectivity index (χ3n) is 21.0. The van der Waals surface area contributed by atoms with E-state index in [0.29, 0.717) is 23.7 Å². The molecule has 14 rings (SSSR count). The van der Waals surface area contributed by atoms with Crippen LogP contribution in [0.3, 0.4) is 0 Å². The zero-order chi connectivity index (χ0) is 80.6. The predicted molar refractivity (Wildman–Crippen MR) is 482 cm³/mol. The van der Waals surface area contributed by atoms with Crippen LogP contribution < -0.4 is 0 Å². The minimum absolute atomic E-state index is 0.115. The maximum atomic E-state index is 13.7. The minimum Gasteiger partial charge on any atom is -0.207 e. The smallest absolute Gasteiger partial charge is 0.131 e. The van der Waals surface area contributed by atoms with Crippen molar-refractivity contribution in [1.82, 2.24) is 0 Å². The first kappa shape index (κ1) is 85.4. The Morgan fingerprint density at radius 1 is 0.220 bits per heavy atom. The van der Waals surface area contributed by atoms with Gasteiger partial charge in [-0.2, -0.15) is 0 Å². The van der Waals surface area contributed by atoms with Gasteiger partial charge in [-0.15, -0.1) is 0 Å². The van der Waals surface area contributed by atoms with Gasteiger partial charge in [0.25, 0.3) is 0 Å². The van der Waals surface area contributed by atoms with Crippen molar-refractivity contribution in [2.45, 2.75) is 248 Å². The topological polar surface area (TPSA) is 0 Å². The van der Waals surface area contributed by atoms with Crippen molar-refractivity contribution in [3.63, 3.8) is 0 Å². The van der Waals surface area contributed by atoms with Crippen molar-refractivity contribution in [1.29, 1.82) is 0 Å². The summed E-state index contributed by atoms with van der Waals surface area (Å²) in [6.07, 6.45) is 0. The second-order valence-electron chi connectivity index (χ2n) is 35.9. The number of aryl methyl sites for hydroxylation is 13. The first-order valence-electron chi connectivity index (χ1n) is 39.8. The van der Waals surface area contributed by atoms with E-state index in [4.69, 9.17) is 0 Å². The van der Waals surface area contributed by atoms with Gasteiger partial charge in [0.2, 0.25) is 0 Å². The molecule has 109 heavy (non-hydrogen) atoms. The molecule has 0 spiro atoms. The van der Waals surface area contributed by atoms with E-state index >= 15 is 0 Å². The van der Waals surface area contributed by atoms with Crippen LogP contribution in [0.25, 0.3) is 75.4 Å². The van der Waals surface area contributed by atoms with Crippen LogP contribution in [0.15, 0.2) is 206 Å². The maximum Gasteiger partial charge on any atom is 0.131 e. The third kappa shape index (κ3) is 22.1. The Morgan fingerprint density at radius 2 is 0.550 bits per heavy atom. The second kappa shape index (κ2) is 35.6. The van der Waals surface area contributed by atoms with Crippen LogP contribution in [0.1, 0.15) is 253 Å². The van der Waals surface area contributed by atoms with E-state index in [1.54, 1.807) is 12.1 Å². The summed E-state index contributed by atoms with van der Waals surface area (Å²) in [6, 6.07) is 73.0. The predicted octanol–water partition coefficient (Wildman–Crippen LogP) is 32.6. The fourth-order valence-electron chi connectivity index (χ4n) is 15.3. The summed E-state index contributed by atoms with van der Waals surface area (Å²) < 4.78 is 26.9. The summed E-state index contributed by atoms with van der Waals surface area (Å²) in [5, 5.41) is 17.8. The fourth-order valence-corrected chi connectivity index (χ4v) is 15.3. The number of halogens is 2. The third-order valence-corrected chi connectivity index (χ3v) is 21.0. The van der Waals surface area contributed by atoms with Gasteiger partial charge in [-0.05, 0) is 274 Å². The normalized spacial score (nSPS) is 11.6. The summed E-state index contributed by atoms with van der Waals surface area (Å²) in [6.45, 7) is 66.1. The van der Waals surface area contributed by atoms with Crippen LogP contribution in [-0.4, -0.2) is 0 Å². The van der Waals surface area contributed by atoms with Gasteiger partial charge in [-0.25, -0.2) is 8.78 Å². The van der Waals surface area contributed by atoms with Crippen molar-refractivity contribution in [2.75, 3.05) is 0 Å². The van der Waals surface area contributed by atoms with Crippen molar-refractivity contribution in [2.24, 2.45) is 0 Å². The molecule has 0 atom stereocenters. The molecular formula is C107H128F2. The van der Waals surface area contributed by atoms with Crippen LogP contribution in [0.5, 0.6) is 0 Å². The van der Waals surface area contributed by atoms with Crippen LogP contribution in [-0.2, 0) is 16.2 Å². The van der Waals surface area contributed by atoms with Gasteiger partial charge in [0, 0.05) is 5.39 Å². The highest BCUT2D eigenvalue weighted by Crippen LogP contribution is 2.38. The van der Waals surface area contributed by atoms with E-state index in [-0.39, 0.29) is 27.9 Å². The van der Waals surface area contributed by atoms with E-state index in [0.717, 1.165) is 27.1 Å². The molecule has 0 amide bonds. The molecule has 0 N–H and O–H groups in total. The van der Waals surface area contributed by atoms with Crippen LogP contribution in [0, 0.1) is 102 Å². The number of rotatable bonds is 4. The van der Waals surface area contributed by atoms with Crippen molar-refractivity contribution in [3.8, 4) is 0 Å². The molecule has 2 heteroatoms. The SMILES string of the molecule is Cc1cc(C(C)(C)C)c2c(C)cccc2c1.Cc1cc(C(C)(C)C)c2cc(C)ccc2c1.Cc1cc(C(C)C)c2c(F)cccc2c1.Cc1cc(C(C)C)c2cc(C)c(C)cc2c1.Cc1cc(C(C)C)c2cc(F)ccc2c1.Cc1ccc2c(C(C)(C)C)cc(C)cc2c1.Cc1ccc2c(C(C)C)cc(C)cc2c1. The van der Waals surface area contributed by atoms with Gasteiger partial charge in [0.05, 0.1) is 0 Å². The monoisotopic (exact) mass is 1450 g/mol. The Bertz CT molecular complexity index is 5520. The first-order chi connectivity index (χ1) is 50.9. The fraction of sp³-hybridized carbons (Fsp3) is 0.346.